The molecule has 2 heterocycles. The van der Waals surface area contributed by atoms with Crippen molar-refractivity contribution in [2.24, 2.45) is 0 Å². The normalized spacial score (nSPS) is 21.3. The Labute approximate surface area is 218 Å². The number of alkyl halides is 3. The molecule has 0 saturated carbocycles. The Kier molecular flexibility index (Phi) is 12.7. The van der Waals surface area contributed by atoms with Gasteiger partial charge in [-0.2, -0.15) is 0 Å². The molecule has 202 valence electrons. The van der Waals surface area contributed by atoms with E-state index in [0.717, 1.165) is 17.8 Å². The fourth-order valence-corrected chi connectivity index (χ4v) is 3.78. The lowest BCUT2D eigenvalue weighted by Crippen LogP contribution is -2.50. The first-order chi connectivity index (χ1) is 16.2. The molecule has 1 saturated heterocycles. The molecule has 0 unspecified atom stereocenters. The number of carbonyl (C=O) groups excluding carboxylic acids is 1. The van der Waals surface area contributed by atoms with Crippen LogP contribution in [0.25, 0.3) is 0 Å². The van der Waals surface area contributed by atoms with Crippen molar-refractivity contribution in [1.29, 1.82) is 0 Å². The molecule has 0 bridgehead atoms. The number of ether oxygens (including phenoxy) is 2. The highest BCUT2D eigenvalue weighted by molar-refractivity contribution is 5.89. The quantitative estimate of drug-likeness (QED) is 0.375. The monoisotopic (exact) mass is 556 g/mol. The van der Waals surface area contributed by atoms with E-state index in [0.29, 0.717) is 13.0 Å². The molecule has 1 aliphatic rings. The number of hydrogen-bond acceptors (Lipinski definition) is 7. The van der Waals surface area contributed by atoms with Crippen molar-refractivity contribution in [2.45, 2.75) is 37.1 Å². The molecule has 1 fully saturated rings. The zero-order valence-electron chi connectivity index (χ0n) is 19.2. The molecule has 36 heavy (non-hydrogen) atoms. The lowest BCUT2D eigenvalue weighted by molar-refractivity contribution is -0.274. The second-order valence-corrected chi connectivity index (χ2v) is 7.84. The number of benzene rings is 1. The molecule has 2 aromatic rings. The third kappa shape index (κ3) is 9.26. The first-order valence-electron chi connectivity index (χ1n) is 10.6. The molecular formula is C22H29Cl2F3N4O5. The summed E-state index contributed by atoms with van der Waals surface area (Å²) in [4.78, 5) is 18.5. The predicted molar refractivity (Wildman–Crippen MR) is 131 cm³/mol. The summed E-state index contributed by atoms with van der Waals surface area (Å²) >= 11 is 0. The third-order valence-electron chi connectivity index (χ3n) is 5.41. The minimum Gasteiger partial charge on any atom is -0.406 e. The van der Waals surface area contributed by atoms with Gasteiger partial charge >= 0.3 is 12.4 Å². The summed E-state index contributed by atoms with van der Waals surface area (Å²) in [6.07, 6.45) is -4.82. The van der Waals surface area contributed by atoms with E-state index in [4.69, 9.17) is 4.74 Å². The first-order valence-corrected chi connectivity index (χ1v) is 10.6. The van der Waals surface area contributed by atoms with E-state index in [-0.39, 0.29) is 43.7 Å². The highest BCUT2D eigenvalue weighted by Gasteiger charge is 2.45. The van der Waals surface area contributed by atoms with Crippen molar-refractivity contribution >= 4 is 36.5 Å². The number of carbonyl (C=O) groups is 1. The molecule has 0 aliphatic carbocycles. The van der Waals surface area contributed by atoms with E-state index in [2.05, 4.69) is 20.4 Å². The van der Waals surface area contributed by atoms with Gasteiger partial charge in [-0.15, -0.1) is 38.0 Å². The molecule has 14 heteroatoms. The summed E-state index contributed by atoms with van der Waals surface area (Å²) in [5.74, 6) is -0.404. The number of aliphatic hydroxyl groups is 2. The van der Waals surface area contributed by atoms with E-state index in [1.54, 1.807) is 6.20 Å². The minimum atomic E-state index is -4.80. The van der Waals surface area contributed by atoms with Gasteiger partial charge in [0.15, 0.2) is 0 Å². The Hall–Kier alpha value is -2.35. The zero-order chi connectivity index (χ0) is 24.7. The van der Waals surface area contributed by atoms with Crippen molar-refractivity contribution < 1.29 is 37.7 Å². The number of nitrogens with one attached hydrogen (secondary N) is 2. The molecule has 0 spiro atoms. The van der Waals surface area contributed by atoms with E-state index in [9.17, 15) is 28.2 Å². The van der Waals surface area contributed by atoms with Crippen LogP contribution >= 0.6 is 24.8 Å². The van der Waals surface area contributed by atoms with E-state index in [1.165, 1.54) is 12.1 Å². The Morgan fingerprint density at radius 3 is 2.44 bits per heavy atom. The minimum absolute atomic E-state index is 0. The zero-order valence-corrected chi connectivity index (χ0v) is 20.9. The van der Waals surface area contributed by atoms with E-state index in [1.807, 2.05) is 30.1 Å². The maximum absolute atomic E-state index is 12.3. The van der Waals surface area contributed by atoms with Gasteiger partial charge in [-0.1, -0.05) is 6.07 Å². The number of amides is 2. The second kappa shape index (κ2) is 14.4. The second-order valence-electron chi connectivity index (χ2n) is 7.84. The highest BCUT2D eigenvalue weighted by atomic mass is 35.5. The van der Waals surface area contributed by atoms with Gasteiger partial charge in [0, 0.05) is 37.1 Å². The Morgan fingerprint density at radius 2 is 1.86 bits per heavy atom. The number of rotatable bonds is 9. The summed E-state index contributed by atoms with van der Waals surface area (Å²) in [6.45, 7) is 0.226. The molecule has 4 N–H and O–H groups in total. The number of hydrogen-bond donors (Lipinski definition) is 4. The van der Waals surface area contributed by atoms with Crippen LogP contribution in [0.1, 0.15) is 5.69 Å². The smallest absolute Gasteiger partial charge is 0.406 e. The largest absolute Gasteiger partial charge is 0.573 e. The van der Waals surface area contributed by atoms with Crippen molar-refractivity contribution in [2.75, 3.05) is 32.1 Å². The average Bonchev–Trinajstić information content (AvgIpc) is 3.12. The fraction of sp³-hybridized carbons (Fsp3) is 0.455. The van der Waals surface area contributed by atoms with E-state index < -0.39 is 42.5 Å². The lowest BCUT2D eigenvalue weighted by atomic mass is 10.0. The molecular weight excluding hydrogens is 528 g/mol. The number of anilines is 1. The summed E-state index contributed by atoms with van der Waals surface area (Å²) in [5, 5.41) is 25.3. The van der Waals surface area contributed by atoms with Crippen molar-refractivity contribution in [3.8, 4) is 5.75 Å². The number of pyridine rings is 1. The first kappa shape index (κ1) is 31.7. The Morgan fingerprint density at radius 1 is 1.17 bits per heavy atom. The summed E-state index contributed by atoms with van der Waals surface area (Å²) in [5.41, 5.74) is 1.15. The van der Waals surface area contributed by atoms with E-state index >= 15 is 0 Å². The lowest BCUT2D eigenvalue weighted by Gasteiger charge is -2.30. The third-order valence-corrected chi connectivity index (χ3v) is 5.41. The van der Waals surface area contributed by atoms with Crippen LogP contribution < -0.4 is 15.4 Å². The standard InChI is InChI=1S/C22H27F3N4O5.2ClH/c1-29(11-9-14-4-2-3-10-26-14)19-17(33-18(13-30)20(19)31)12-27-21(32)28-15-5-7-16(8-6-15)34-22(23,24)25;;/h2-8,10,17-20,30-31H,9,11-13H2,1H3,(H2,27,28,32);2*1H/t17-,18+,19+,20-;;/m1../s1. The molecule has 1 aromatic carbocycles. The van der Waals surface area contributed by atoms with Gasteiger partial charge in [0.25, 0.3) is 0 Å². The number of halogens is 5. The van der Waals surface area contributed by atoms with Gasteiger partial charge in [-0.3, -0.25) is 9.88 Å². The Bertz CT molecular complexity index is 928. The average molecular weight is 557 g/mol. The van der Waals surface area contributed by atoms with Crippen LogP contribution in [0.3, 0.4) is 0 Å². The molecule has 0 radical (unpaired) electrons. The molecule has 2 amide bonds. The van der Waals surface area contributed by atoms with Gasteiger partial charge in [-0.25, -0.2) is 4.79 Å². The Balaban J connectivity index is 0.00000324. The number of urea groups is 1. The van der Waals surface area contributed by atoms with Crippen LogP contribution in [0.5, 0.6) is 5.75 Å². The van der Waals surface area contributed by atoms with Crippen LogP contribution in [0.4, 0.5) is 23.7 Å². The van der Waals surface area contributed by atoms with Gasteiger partial charge < -0.3 is 30.3 Å². The number of likely N-dealkylation sites (N-methyl/N-ethyl adjacent to an activating group) is 1. The SMILES string of the molecule is CN(CCc1ccccn1)[C@@H]1[C@H](O)[C@H](CO)O[C@@H]1CNC(=O)Nc1ccc(OC(F)(F)F)cc1.Cl.Cl. The van der Waals surface area contributed by atoms with Gasteiger partial charge in [0.1, 0.15) is 18.0 Å². The van der Waals surface area contributed by atoms with Crippen molar-refractivity contribution in [3.05, 3.63) is 54.4 Å². The topological polar surface area (TPSA) is 116 Å². The summed E-state index contributed by atoms with van der Waals surface area (Å²) in [6, 6.07) is 9.22. The number of aliphatic hydroxyl groups excluding tert-OH is 2. The maximum atomic E-state index is 12.3. The molecule has 9 nitrogen and oxygen atoms in total. The molecule has 3 rings (SSSR count). The van der Waals surface area contributed by atoms with Crippen molar-refractivity contribution in [1.82, 2.24) is 15.2 Å². The van der Waals surface area contributed by atoms with Crippen LogP contribution in [-0.2, 0) is 11.2 Å². The van der Waals surface area contributed by atoms with Gasteiger partial charge in [0.2, 0.25) is 0 Å². The van der Waals surface area contributed by atoms with Crippen molar-refractivity contribution in [3.63, 3.8) is 0 Å². The van der Waals surface area contributed by atoms with Crippen LogP contribution in [-0.4, -0.2) is 83.6 Å². The predicted octanol–water partition coefficient (Wildman–Crippen LogP) is 2.61. The summed E-state index contributed by atoms with van der Waals surface area (Å²) in [7, 11) is 1.82. The van der Waals surface area contributed by atoms with Gasteiger partial charge in [0.05, 0.1) is 18.8 Å². The fourth-order valence-electron chi connectivity index (χ4n) is 3.78. The maximum Gasteiger partial charge on any atom is 0.573 e. The van der Waals surface area contributed by atoms with Gasteiger partial charge in [-0.05, 0) is 43.4 Å². The summed E-state index contributed by atoms with van der Waals surface area (Å²) < 4.78 is 46.3. The molecule has 4 atom stereocenters. The van der Waals surface area contributed by atoms with Crippen LogP contribution in [0.15, 0.2) is 48.7 Å². The number of nitrogens with zero attached hydrogens (tertiary/aromatic N) is 2. The number of aromatic nitrogens is 1. The highest BCUT2D eigenvalue weighted by Crippen LogP contribution is 2.26. The van der Waals surface area contributed by atoms with Crippen LogP contribution in [0, 0.1) is 0 Å². The van der Waals surface area contributed by atoms with Crippen LogP contribution in [0.2, 0.25) is 0 Å². The molecule has 1 aliphatic heterocycles. The molecule has 1 aromatic heterocycles.